The third-order valence-corrected chi connectivity index (χ3v) is 2.47. The largest absolute Gasteiger partial charge is 0.394 e. The Kier molecular flexibility index (Phi) is 7.06. The van der Waals surface area contributed by atoms with E-state index in [4.69, 9.17) is 9.84 Å². The fourth-order valence-electron chi connectivity index (χ4n) is 1.64. The minimum atomic E-state index is 0.0303. The normalized spacial score (nSPS) is 10.3. The van der Waals surface area contributed by atoms with Crippen molar-refractivity contribution in [1.82, 2.24) is 5.32 Å². The molecular formula is C14H21NO3. The predicted molar refractivity (Wildman–Crippen MR) is 70.4 cm³/mol. The van der Waals surface area contributed by atoms with Crippen molar-refractivity contribution in [3.63, 3.8) is 0 Å². The maximum atomic E-state index is 11.6. The van der Waals surface area contributed by atoms with Crippen LogP contribution < -0.4 is 5.32 Å². The number of nitrogens with one attached hydrogen (secondary N) is 1. The van der Waals surface area contributed by atoms with Gasteiger partial charge in [-0.05, 0) is 18.9 Å². The van der Waals surface area contributed by atoms with E-state index < -0.39 is 0 Å². The summed E-state index contributed by atoms with van der Waals surface area (Å²) in [6.07, 6.45) is 1.18. The van der Waals surface area contributed by atoms with Crippen LogP contribution >= 0.6 is 0 Å². The molecule has 4 nitrogen and oxygen atoms in total. The lowest BCUT2D eigenvalue weighted by atomic mass is 10.1. The first kappa shape index (κ1) is 14.7. The summed E-state index contributed by atoms with van der Waals surface area (Å²) in [5.41, 5.74) is 2.20. The Morgan fingerprint density at radius 3 is 2.94 bits per heavy atom. The van der Waals surface area contributed by atoms with Gasteiger partial charge in [0.15, 0.2) is 0 Å². The summed E-state index contributed by atoms with van der Waals surface area (Å²) in [4.78, 5) is 11.6. The molecule has 1 aromatic carbocycles. The summed E-state index contributed by atoms with van der Waals surface area (Å²) < 4.78 is 5.10. The number of benzene rings is 1. The van der Waals surface area contributed by atoms with Crippen LogP contribution in [0.5, 0.6) is 0 Å². The van der Waals surface area contributed by atoms with Gasteiger partial charge in [-0.3, -0.25) is 4.79 Å². The van der Waals surface area contributed by atoms with Crippen LogP contribution in [0.25, 0.3) is 0 Å². The second-order valence-corrected chi connectivity index (χ2v) is 4.21. The van der Waals surface area contributed by atoms with E-state index in [0.717, 1.165) is 17.5 Å². The average Bonchev–Trinajstić information content (AvgIpc) is 2.33. The second kappa shape index (κ2) is 8.66. The molecule has 2 N–H and O–H groups in total. The summed E-state index contributed by atoms with van der Waals surface area (Å²) in [6, 6.07) is 7.95. The van der Waals surface area contributed by atoms with Crippen LogP contribution in [0.1, 0.15) is 17.5 Å². The summed E-state index contributed by atoms with van der Waals surface area (Å²) in [6.45, 7) is 3.58. The maximum absolute atomic E-state index is 11.6. The zero-order valence-electron chi connectivity index (χ0n) is 10.8. The Bertz CT molecular complexity index is 366. The van der Waals surface area contributed by atoms with E-state index >= 15 is 0 Å². The van der Waals surface area contributed by atoms with Gasteiger partial charge >= 0.3 is 0 Å². The van der Waals surface area contributed by atoms with Crippen LogP contribution in [0.3, 0.4) is 0 Å². The SMILES string of the molecule is Cc1cccc(CC(=O)NCCCOCCO)c1. The van der Waals surface area contributed by atoms with E-state index in [1.807, 2.05) is 31.2 Å². The molecule has 100 valence electrons. The minimum Gasteiger partial charge on any atom is -0.394 e. The molecular weight excluding hydrogens is 230 g/mol. The van der Waals surface area contributed by atoms with E-state index in [2.05, 4.69) is 5.32 Å². The monoisotopic (exact) mass is 251 g/mol. The number of aliphatic hydroxyl groups excluding tert-OH is 1. The highest BCUT2D eigenvalue weighted by Gasteiger charge is 2.02. The van der Waals surface area contributed by atoms with Gasteiger partial charge < -0.3 is 15.2 Å². The molecule has 0 aliphatic heterocycles. The molecule has 1 amide bonds. The third kappa shape index (κ3) is 6.37. The second-order valence-electron chi connectivity index (χ2n) is 4.21. The van der Waals surface area contributed by atoms with Crippen LogP contribution in [0, 0.1) is 6.92 Å². The molecule has 1 rings (SSSR count). The Labute approximate surface area is 108 Å². The Hall–Kier alpha value is -1.39. The molecule has 0 radical (unpaired) electrons. The smallest absolute Gasteiger partial charge is 0.224 e. The number of aryl methyl sites for hydroxylation is 1. The fourth-order valence-corrected chi connectivity index (χ4v) is 1.64. The van der Waals surface area contributed by atoms with Crippen LogP contribution in [0.2, 0.25) is 0 Å². The number of ether oxygens (including phenoxy) is 1. The molecule has 0 aliphatic rings. The van der Waals surface area contributed by atoms with Crippen molar-refractivity contribution in [3.8, 4) is 0 Å². The lowest BCUT2D eigenvalue weighted by molar-refractivity contribution is -0.120. The highest BCUT2D eigenvalue weighted by molar-refractivity contribution is 5.78. The molecule has 0 heterocycles. The van der Waals surface area contributed by atoms with E-state index in [1.54, 1.807) is 0 Å². The van der Waals surface area contributed by atoms with Crippen molar-refractivity contribution >= 4 is 5.91 Å². The van der Waals surface area contributed by atoms with E-state index in [9.17, 15) is 4.79 Å². The van der Waals surface area contributed by atoms with Crippen molar-refractivity contribution < 1.29 is 14.6 Å². The molecule has 0 saturated carbocycles. The zero-order chi connectivity index (χ0) is 13.2. The van der Waals surface area contributed by atoms with E-state index in [1.165, 1.54) is 0 Å². The van der Waals surface area contributed by atoms with E-state index in [0.29, 0.717) is 26.2 Å². The van der Waals surface area contributed by atoms with Crippen LogP contribution in [0.4, 0.5) is 0 Å². The Morgan fingerprint density at radius 2 is 2.22 bits per heavy atom. The maximum Gasteiger partial charge on any atom is 0.224 e. The molecule has 18 heavy (non-hydrogen) atoms. The van der Waals surface area contributed by atoms with Gasteiger partial charge in [0.2, 0.25) is 5.91 Å². The summed E-state index contributed by atoms with van der Waals surface area (Å²) >= 11 is 0. The van der Waals surface area contributed by atoms with Gasteiger partial charge in [-0.25, -0.2) is 0 Å². The molecule has 0 atom stereocenters. The van der Waals surface area contributed by atoms with Crippen molar-refractivity contribution in [1.29, 1.82) is 0 Å². The predicted octanol–water partition coefficient (Wildman–Crippen LogP) is 1.05. The van der Waals surface area contributed by atoms with Gasteiger partial charge in [-0.2, -0.15) is 0 Å². The van der Waals surface area contributed by atoms with Crippen LogP contribution in [0.15, 0.2) is 24.3 Å². The highest BCUT2D eigenvalue weighted by atomic mass is 16.5. The lowest BCUT2D eigenvalue weighted by Gasteiger charge is -2.06. The molecule has 1 aromatic rings. The van der Waals surface area contributed by atoms with Gasteiger partial charge in [-0.15, -0.1) is 0 Å². The van der Waals surface area contributed by atoms with Gasteiger partial charge in [-0.1, -0.05) is 29.8 Å². The van der Waals surface area contributed by atoms with Crippen molar-refractivity contribution in [2.24, 2.45) is 0 Å². The van der Waals surface area contributed by atoms with Gasteiger partial charge in [0.1, 0.15) is 0 Å². The molecule has 0 spiro atoms. The molecule has 0 saturated heterocycles. The first-order valence-electron chi connectivity index (χ1n) is 6.23. The fraction of sp³-hybridized carbons (Fsp3) is 0.500. The summed E-state index contributed by atoms with van der Waals surface area (Å²) in [7, 11) is 0. The summed E-state index contributed by atoms with van der Waals surface area (Å²) in [5, 5.41) is 11.3. The standard InChI is InChI=1S/C14H21NO3/c1-12-4-2-5-13(10-12)11-14(17)15-6-3-8-18-9-7-16/h2,4-5,10,16H,3,6-9,11H2,1H3,(H,15,17). The number of carbonyl (C=O) groups excluding carboxylic acids is 1. The number of hydrogen-bond acceptors (Lipinski definition) is 3. The molecule has 0 aliphatic carbocycles. The Balaban J connectivity index is 2.14. The minimum absolute atomic E-state index is 0.0303. The summed E-state index contributed by atoms with van der Waals surface area (Å²) in [5.74, 6) is 0.0303. The first-order chi connectivity index (χ1) is 8.72. The topological polar surface area (TPSA) is 58.6 Å². The molecule has 0 unspecified atom stereocenters. The quantitative estimate of drug-likeness (QED) is 0.679. The van der Waals surface area contributed by atoms with Gasteiger partial charge in [0.25, 0.3) is 0 Å². The van der Waals surface area contributed by atoms with Crippen molar-refractivity contribution in [3.05, 3.63) is 35.4 Å². The molecule has 0 fully saturated rings. The van der Waals surface area contributed by atoms with Crippen LogP contribution in [-0.2, 0) is 16.0 Å². The molecule has 0 aromatic heterocycles. The number of amides is 1. The van der Waals surface area contributed by atoms with Gasteiger partial charge in [0, 0.05) is 13.2 Å². The van der Waals surface area contributed by atoms with Gasteiger partial charge in [0.05, 0.1) is 19.6 Å². The van der Waals surface area contributed by atoms with Crippen molar-refractivity contribution in [2.45, 2.75) is 19.8 Å². The zero-order valence-corrected chi connectivity index (χ0v) is 10.8. The number of carbonyl (C=O) groups is 1. The lowest BCUT2D eigenvalue weighted by Crippen LogP contribution is -2.26. The number of hydrogen-bond donors (Lipinski definition) is 2. The van der Waals surface area contributed by atoms with E-state index in [-0.39, 0.29) is 12.5 Å². The molecule has 4 heteroatoms. The molecule has 0 bridgehead atoms. The average molecular weight is 251 g/mol. The van der Waals surface area contributed by atoms with Crippen LogP contribution in [-0.4, -0.2) is 37.4 Å². The number of aliphatic hydroxyl groups is 1. The first-order valence-corrected chi connectivity index (χ1v) is 6.23. The third-order valence-electron chi connectivity index (χ3n) is 2.47. The highest BCUT2D eigenvalue weighted by Crippen LogP contribution is 2.04. The number of rotatable bonds is 8. The Morgan fingerprint density at radius 1 is 1.39 bits per heavy atom. The van der Waals surface area contributed by atoms with Crippen molar-refractivity contribution in [2.75, 3.05) is 26.4 Å².